The summed E-state index contributed by atoms with van der Waals surface area (Å²) in [6.07, 6.45) is 1.97. The van der Waals surface area contributed by atoms with Gasteiger partial charge >= 0.3 is 0 Å². The van der Waals surface area contributed by atoms with Crippen molar-refractivity contribution in [3.63, 3.8) is 0 Å². The van der Waals surface area contributed by atoms with E-state index in [9.17, 15) is 4.79 Å². The Balaban J connectivity index is 1.38. The highest BCUT2D eigenvalue weighted by Crippen LogP contribution is 2.35. The van der Waals surface area contributed by atoms with E-state index in [-0.39, 0.29) is 12.3 Å². The van der Waals surface area contributed by atoms with Gasteiger partial charge in [0.05, 0.1) is 24.0 Å². The molecule has 40 heavy (non-hydrogen) atoms. The number of nitrogens with zero attached hydrogens (tertiary/aromatic N) is 2. The lowest BCUT2D eigenvalue weighted by Gasteiger charge is -2.15. The van der Waals surface area contributed by atoms with Crippen LogP contribution in [0.5, 0.6) is 0 Å². The highest BCUT2D eigenvalue weighted by Gasteiger charge is 2.19. The van der Waals surface area contributed by atoms with Gasteiger partial charge in [0.25, 0.3) is 0 Å². The van der Waals surface area contributed by atoms with E-state index < -0.39 is 0 Å². The second-order valence-corrected chi connectivity index (χ2v) is 9.92. The number of carbonyl (C=O) groups excluding carboxylic acids is 1. The molecule has 0 radical (unpaired) electrons. The van der Waals surface area contributed by atoms with Gasteiger partial charge in [-0.3, -0.25) is 4.79 Å². The fraction of sp³-hybridized carbons (Fsp3) is 0.0286. The van der Waals surface area contributed by atoms with Crippen LogP contribution < -0.4 is 5.43 Å². The molecular formula is C35H26ClN3O. The van der Waals surface area contributed by atoms with Crippen LogP contribution in [0.2, 0.25) is 5.02 Å². The Kier molecular flexibility index (Phi) is 7.25. The van der Waals surface area contributed by atoms with Crippen molar-refractivity contribution in [3.8, 4) is 28.2 Å². The van der Waals surface area contributed by atoms with Crippen molar-refractivity contribution < 1.29 is 4.79 Å². The van der Waals surface area contributed by atoms with Crippen LogP contribution in [0.25, 0.3) is 39.0 Å². The van der Waals surface area contributed by atoms with Crippen molar-refractivity contribution in [1.82, 2.24) is 9.99 Å². The highest BCUT2D eigenvalue weighted by molar-refractivity contribution is 6.30. The summed E-state index contributed by atoms with van der Waals surface area (Å²) in [5.74, 6) is -0.172. The molecule has 1 amide bonds. The topological polar surface area (TPSA) is 46.4 Å². The van der Waals surface area contributed by atoms with Gasteiger partial charge in [0, 0.05) is 16.3 Å². The molecule has 0 saturated carbocycles. The lowest BCUT2D eigenvalue weighted by molar-refractivity contribution is -0.120. The first-order valence-corrected chi connectivity index (χ1v) is 13.5. The lowest BCUT2D eigenvalue weighted by Crippen LogP contribution is -2.19. The van der Waals surface area contributed by atoms with Crippen molar-refractivity contribution in [2.45, 2.75) is 6.42 Å². The zero-order valence-electron chi connectivity index (χ0n) is 21.7. The summed E-state index contributed by atoms with van der Waals surface area (Å²) in [6.45, 7) is 0. The molecule has 6 rings (SSSR count). The first-order valence-electron chi connectivity index (χ1n) is 13.1. The zero-order chi connectivity index (χ0) is 27.3. The fourth-order valence-corrected chi connectivity index (χ4v) is 5.16. The summed E-state index contributed by atoms with van der Waals surface area (Å²) in [6, 6.07) is 44.4. The third-order valence-corrected chi connectivity index (χ3v) is 7.11. The van der Waals surface area contributed by atoms with Crippen LogP contribution in [0.15, 0.2) is 139 Å². The number of benzene rings is 5. The van der Waals surface area contributed by atoms with E-state index in [0.29, 0.717) is 5.02 Å². The predicted molar refractivity (Wildman–Crippen MR) is 165 cm³/mol. The number of hydrogen-bond donors (Lipinski definition) is 1. The van der Waals surface area contributed by atoms with Gasteiger partial charge in [-0.2, -0.15) is 5.10 Å². The molecule has 5 aromatic carbocycles. The maximum atomic E-state index is 12.9. The van der Waals surface area contributed by atoms with E-state index in [1.807, 2.05) is 91.0 Å². The van der Waals surface area contributed by atoms with Gasteiger partial charge in [-0.25, -0.2) is 5.43 Å². The molecule has 0 aliphatic rings. The minimum atomic E-state index is -0.172. The van der Waals surface area contributed by atoms with Gasteiger partial charge in [0.1, 0.15) is 0 Å². The van der Waals surface area contributed by atoms with Crippen LogP contribution in [0.1, 0.15) is 11.1 Å². The maximum absolute atomic E-state index is 12.9. The summed E-state index contributed by atoms with van der Waals surface area (Å²) >= 11 is 6.24. The summed E-state index contributed by atoms with van der Waals surface area (Å²) in [5, 5.41) is 7.26. The molecule has 1 N–H and O–H groups in total. The largest absolute Gasteiger partial charge is 0.309 e. The van der Waals surface area contributed by atoms with Crippen molar-refractivity contribution in [1.29, 1.82) is 0 Å². The van der Waals surface area contributed by atoms with Crippen LogP contribution >= 0.6 is 11.6 Å². The Morgan fingerprint density at radius 3 is 2.15 bits per heavy atom. The third-order valence-electron chi connectivity index (χ3n) is 6.86. The molecule has 0 bridgehead atoms. The number of fused-ring (bicyclic) bond motifs is 1. The van der Waals surface area contributed by atoms with Crippen molar-refractivity contribution in [2.75, 3.05) is 0 Å². The van der Waals surface area contributed by atoms with Gasteiger partial charge in [-0.05, 0) is 57.8 Å². The number of hydrogen-bond acceptors (Lipinski definition) is 2. The van der Waals surface area contributed by atoms with Gasteiger partial charge in [-0.1, -0.05) is 115 Å². The Labute approximate surface area is 238 Å². The standard InChI is InChI=1S/C35H26ClN3O/c36-30-18-20-31(21-19-30)39-33(26-11-3-1-4-12-26)22-29(35(39)27-13-5-2-6-14-27)24-37-38-34(40)23-28-16-9-15-25-10-7-8-17-32(25)28/h1-22,24H,23H2,(H,38,40)/b37-24-. The normalized spacial score (nSPS) is 11.2. The second kappa shape index (κ2) is 11.4. The van der Waals surface area contributed by atoms with Crippen molar-refractivity contribution in [3.05, 3.63) is 150 Å². The quantitative estimate of drug-likeness (QED) is 0.161. The van der Waals surface area contributed by atoms with Crippen LogP contribution in [0.4, 0.5) is 0 Å². The van der Waals surface area contributed by atoms with Crippen LogP contribution in [-0.4, -0.2) is 16.7 Å². The first kappa shape index (κ1) is 25.4. The van der Waals surface area contributed by atoms with Crippen molar-refractivity contribution >= 4 is 34.5 Å². The van der Waals surface area contributed by atoms with Crippen LogP contribution in [0.3, 0.4) is 0 Å². The van der Waals surface area contributed by atoms with E-state index in [1.165, 1.54) is 0 Å². The molecule has 194 valence electrons. The number of nitrogens with one attached hydrogen (secondary N) is 1. The smallest absolute Gasteiger partial charge is 0.244 e. The number of hydrazone groups is 1. The monoisotopic (exact) mass is 539 g/mol. The Hall–Kier alpha value is -4.93. The van der Waals surface area contributed by atoms with Gasteiger partial charge in [-0.15, -0.1) is 0 Å². The summed E-state index contributed by atoms with van der Waals surface area (Å²) < 4.78 is 2.21. The fourth-order valence-electron chi connectivity index (χ4n) is 5.03. The lowest BCUT2D eigenvalue weighted by atomic mass is 10.0. The molecule has 0 unspecified atom stereocenters. The molecule has 5 heteroatoms. The molecule has 0 saturated heterocycles. The van der Waals surface area contributed by atoms with E-state index in [4.69, 9.17) is 11.6 Å². The van der Waals surface area contributed by atoms with Gasteiger partial charge in [0.15, 0.2) is 0 Å². The molecule has 0 fully saturated rings. The molecular weight excluding hydrogens is 514 g/mol. The summed E-state index contributed by atoms with van der Waals surface area (Å²) in [7, 11) is 0. The minimum Gasteiger partial charge on any atom is -0.309 e. The Morgan fingerprint density at radius 1 is 0.750 bits per heavy atom. The molecule has 1 aromatic heterocycles. The molecule has 4 nitrogen and oxygen atoms in total. The van der Waals surface area contributed by atoms with Crippen LogP contribution in [-0.2, 0) is 11.2 Å². The highest BCUT2D eigenvalue weighted by atomic mass is 35.5. The number of halogens is 1. The Bertz CT molecular complexity index is 1800. The molecule has 0 spiro atoms. The minimum absolute atomic E-state index is 0.172. The molecule has 0 aliphatic carbocycles. The summed E-state index contributed by atoms with van der Waals surface area (Å²) in [5.41, 5.74) is 9.63. The van der Waals surface area contributed by atoms with E-state index in [1.54, 1.807) is 6.21 Å². The molecule has 0 atom stereocenters. The van der Waals surface area contributed by atoms with E-state index in [0.717, 1.165) is 50.1 Å². The average Bonchev–Trinajstić information content (AvgIpc) is 3.38. The maximum Gasteiger partial charge on any atom is 0.244 e. The first-order chi connectivity index (χ1) is 19.7. The van der Waals surface area contributed by atoms with Crippen LogP contribution in [0, 0.1) is 0 Å². The molecule has 6 aromatic rings. The number of rotatable bonds is 7. The van der Waals surface area contributed by atoms with E-state index in [2.05, 4.69) is 57.6 Å². The average molecular weight is 540 g/mol. The van der Waals surface area contributed by atoms with E-state index >= 15 is 0 Å². The zero-order valence-corrected chi connectivity index (χ0v) is 22.4. The van der Waals surface area contributed by atoms with Gasteiger partial charge in [0.2, 0.25) is 5.91 Å². The molecule has 1 heterocycles. The SMILES string of the molecule is O=C(Cc1cccc2ccccc12)N/N=C\c1cc(-c2ccccc2)n(-c2ccc(Cl)cc2)c1-c1ccccc1. The number of amides is 1. The second-order valence-electron chi connectivity index (χ2n) is 9.49. The van der Waals surface area contributed by atoms with Gasteiger partial charge < -0.3 is 4.57 Å². The predicted octanol–water partition coefficient (Wildman–Crippen LogP) is 8.31. The molecule has 0 aliphatic heterocycles. The van der Waals surface area contributed by atoms with Crippen molar-refractivity contribution in [2.24, 2.45) is 5.10 Å². The number of aromatic nitrogens is 1. The summed E-state index contributed by atoms with van der Waals surface area (Å²) in [4.78, 5) is 12.9. The third kappa shape index (κ3) is 5.31. The number of carbonyl (C=O) groups is 1. The Morgan fingerprint density at radius 2 is 1.40 bits per heavy atom.